The molecule has 7 nitrogen and oxygen atoms in total. The lowest BCUT2D eigenvalue weighted by Crippen LogP contribution is -2.28. The molecular weight excluding hydrogens is 408 g/mol. The number of hydrogen-bond acceptors (Lipinski definition) is 6. The number of furan rings is 1. The fourth-order valence-electron chi connectivity index (χ4n) is 2.00. The maximum Gasteiger partial charge on any atom is 0.240 e. The number of carbonyl (C=O) groups is 2. The predicted molar refractivity (Wildman–Crippen MR) is 101 cm³/mol. The second-order valence-corrected chi connectivity index (χ2v) is 7.13. The van der Waals surface area contributed by atoms with E-state index in [-0.39, 0.29) is 18.2 Å². The first-order valence-electron chi connectivity index (χ1n) is 7.27. The molecule has 0 bridgehead atoms. The number of thioether (sulfide) groups is 1. The van der Waals surface area contributed by atoms with Gasteiger partial charge in [0.2, 0.25) is 11.8 Å². The van der Waals surface area contributed by atoms with Gasteiger partial charge >= 0.3 is 0 Å². The van der Waals surface area contributed by atoms with Gasteiger partial charge in [-0.25, -0.2) is 0 Å². The lowest BCUT2D eigenvalue weighted by molar-refractivity contribution is -0.122. The molecule has 1 fully saturated rings. The van der Waals surface area contributed by atoms with Crippen LogP contribution in [0.3, 0.4) is 0 Å². The van der Waals surface area contributed by atoms with Gasteiger partial charge in [-0.2, -0.15) is 5.10 Å². The molecule has 1 aliphatic rings. The fourth-order valence-corrected chi connectivity index (χ4v) is 3.19. The first-order valence-corrected chi connectivity index (χ1v) is 8.95. The molecule has 2 amide bonds. The Morgan fingerprint density at radius 1 is 1.36 bits per heavy atom. The summed E-state index contributed by atoms with van der Waals surface area (Å²) in [5.41, 5.74) is 0.675. The standard InChI is InChI=1S/C16H13BrN4O3S/c17-10-3-5-11(6-4-10)19-14(22)8-13-15(23)20-16(25-13)21-18-9-12-2-1-7-24-12/h1-7,9,13H,8H2,(H,19,22)(H,20,21,23)/b18-9-/t13-/m0/s1. The van der Waals surface area contributed by atoms with Crippen LogP contribution in [0.5, 0.6) is 0 Å². The monoisotopic (exact) mass is 420 g/mol. The van der Waals surface area contributed by atoms with E-state index >= 15 is 0 Å². The van der Waals surface area contributed by atoms with Crippen molar-refractivity contribution in [1.82, 2.24) is 5.32 Å². The zero-order valence-electron chi connectivity index (χ0n) is 12.8. The van der Waals surface area contributed by atoms with E-state index in [0.29, 0.717) is 16.6 Å². The third-order valence-corrected chi connectivity index (χ3v) is 4.75. The van der Waals surface area contributed by atoms with Crippen molar-refractivity contribution in [2.24, 2.45) is 10.2 Å². The molecule has 2 heterocycles. The molecule has 2 N–H and O–H groups in total. The summed E-state index contributed by atoms with van der Waals surface area (Å²) in [6.07, 6.45) is 3.02. The largest absolute Gasteiger partial charge is 0.463 e. The quantitative estimate of drug-likeness (QED) is 0.573. The second kappa shape index (κ2) is 8.13. The minimum absolute atomic E-state index is 0.0491. The van der Waals surface area contributed by atoms with Gasteiger partial charge in [-0.05, 0) is 36.4 Å². The highest BCUT2D eigenvalue weighted by molar-refractivity contribution is 9.10. The maximum atomic E-state index is 12.1. The van der Waals surface area contributed by atoms with Crippen LogP contribution in [0.2, 0.25) is 0 Å². The van der Waals surface area contributed by atoms with Gasteiger partial charge in [0.05, 0.1) is 12.5 Å². The highest BCUT2D eigenvalue weighted by Crippen LogP contribution is 2.23. The van der Waals surface area contributed by atoms with Gasteiger partial charge in [0, 0.05) is 16.6 Å². The van der Waals surface area contributed by atoms with E-state index in [0.717, 1.165) is 4.47 Å². The molecule has 3 rings (SSSR count). The average Bonchev–Trinajstić information content (AvgIpc) is 3.20. The van der Waals surface area contributed by atoms with Crippen LogP contribution in [-0.2, 0) is 9.59 Å². The van der Waals surface area contributed by atoms with E-state index < -0.39 is 5.25 Å². The Hall–Kier alpha value is -2.39. The SMILES string of the molecule is O=C(C[C@@H]1S/C(=N/N=C\c2ccco2)NC1=O)Nc1ccc(Br)cc1. The van der Waals surface area contributed by atoms with Crippen molar-refractivity contribution in [3.63, 3.8) is 0 Å². The zero-order chi connectivity index (χ0) is 17.6. The Labute approximate surface area is 156 Å². The summed E-state index contributed by atoms with van der Waals surface area (Å²) in [5.74, 6) is 0.0577. The van der Waals surface area contributed by atoms with E-state index in [4.69, 9.17) is 4.42 Å². The Morgan fingerprint density at radius 3 is 2.88 bits per heavy atom. The molecule has 1 aromatic heterocycles. The van der Waals surface area contributed by atoms with Crippen molar-refractivity contribution in [3.8, 4) is 0 Å². The zero-order valence-corrected chi connectivity index (χ0v) is 15.2. The molecule has 0 spiro atoms. The molecule has 0 unspecified atom stereocenters. The summed E-state index contributed by atoms with van der Waals surface area (Å²) in [7, 11) is 0. The summed E-state index contributed by atoms with van der Waals surface area (Å²) >= 11 is 4.50. The number of nitrogens with zero attached hydrogens (tertiary/aromatic N) is 2. The summed E-state index contributed by atoms with van der Waals surface area (Å²) in [6.45, 7) is 0. The molecule has 1 aliphatic heterocycles. The number of rotatable bonds is 5. The normalized spacial score (nSPS) is 18.7. The molecule has 1 saturated heterocycles. The molecule has 9 heteroatoms. The van der Waals surface area contributed by atoms with Crippen LogP contribution in [0.15, 0.2) is 61.8 Å². The first-order chi connectivity index (χ1) is 12.1. The lowest BCUT2D eigenvalue weighted by Gasteiger charge is -2.07. The van der Waals surface area contributed by atoms with Crippen molar-refractivity contribution >= 4 is 56.6 Å². The molecule has 0 radical (unpaired) electrons. The second-order valence-electron chi connectivity index (χ2n) is 5.02. The maximum absolute atomic E-state index is 12.1. The summed E-state index contributed by atoms with van der Waals surface area (Å²) < 4.78 is 6.01. The van der Waals surface area contributed by atoms with Gasteiger partial charge in [-0.15, -0.1) is 5.10 Å². The van der Waals surface area contributed by atoms with Gasteiger partial charge in [0.25, 0.3) is 0 Å². The van der Waals surface area contributed by atoms with Crippen molar-refractivity contribution in [1.29, 1.82) is 0 Å². The molecule has 2 aromatic rings. The number of benzene rings is 1. The number of carbonyl (C=O) groups excluding carboxylic acids is 2. The van der Waals surface area contributed by atoms with Gasteiger partial charge in [-0.1, -0.05) is 27.7 Å². The highest BCUT2D eigenvalue weighted by atomic mass is 79.9. The summed E-state index contributed by atoms with van der Waals surface area (Å²) in [4.78, 5) is 24.0. The topological polar surface area (TPSA) is 96.1 Å². The lowest BCUT2D eigenvalue weighted by atomic mass is 10.2. The van der Waals surface area contributed by atoms with Crippen molar-refractivity contribution in [3.05, 3.63) is 52.9 Å². The highest BCUT2D eigenvalue weighted by Gasteiger charge is 2.32. The molecule has 1 atom stereocenters. The number of hydrogen-bond donors (Lipinski definition) is 2. The van der Waals surface area contributed by atoms with E-state index in [9.17, 15) is 9.59 Å². The Balaban J connectivity index is 1.53. The van der Waals surface area contributed by atoms with Crippen LogP contribution in [-0.4, -0.2) is 28.4 Å². The predicted octanol–water partition coefficient (Wildman–Crippen LogP) is 2.99. The van der Waals surface area contributed by atoms with Crippen LogP contribution in [0.25, 0.3) is 0 Å². The van der Waals surface area contributed by atoms with E-state index in [1.807, 2.05) is 12.1 Å². The number of nitrogens with one attached hydrogen (secondary N) is 2. The number of anilines is 1. The van der Waals surface area contributed by atoms with Gasteiger partial charge in [-0.3, -0.25) is 9.59 Å². The molecule has 1 aromatic carbocycles. The third kappa shape index (κ3) is 5.04. The Morgan fingerprint density at radius 2 is 2.16 bits per heavy atom. The molecule has 0 aliphatic carbocycles. The van der Waals surface area contributed by atoms with E-state index in [1.54, 1.807) is 24.3 Å². The average molecular weight is 421 g/mol. The van der Waals surface area contributed by atoms with Gasteiger partial charge < -0.3 is 15.1 Å². The van der Waals surface area contributed by atoms with Crippen LogP contribution in [0, 0.1) is 0 Å². The summed E-state index contributed by atoms with van der Waals surface area (Å²) in [5, 5.41) is 13.0. The van der Waals surface area contributed by atoms with Crippen molar-refractivity contribution in [2.75, 3.05) is 5.32 Å². The van der Waals surface area contributed by atoms with Gasteiger partial charge in [0.15, 0.2) is 5.17 Å². The molecule has 25 heavy (non-hydrogen) atoms. The van der Waals surface area contributed by atoms with Crippen LogP contribution >= 0.6 is 27.7 Å². The first kappa shape index (κ1) is 17.4. The van der Waals surface area contributed by atoms with Crippen molar-refractivity contribution < 1.29 is 14.0 Å². The van der Waals surface area contributed by atoms with Crippen molar-refractivity contribution in [2.45, 2.75) is 11.7 Å². The smallest absolute Gasteiger partial charge is 0.240 e. The molecule has 0 saturated carbocycles. The molecular formula is C16H13BrN4O3S. The third-order valence-electron chi connectivity index (χ3n) is 3.15. The number of halogens is 1. The van der Waals surface area contributed by atoms with E-state index in [2.05, 4.69) is 36.8 Å². The van der Waals surface area contributed by atoms with E-state index in [1.165, 1.54) is 24.2 Å². The number of amides is 2. The minimum atomic E-state index is -0.534. The van der Waals surface area contributed by atoms with Crippen LogP contribution in [0.4, 0.5) is 5.69 Å². The van der Waals surface area contributed by atoms with Crippen LogP contribution in [0.1, 0.15) is 12.2 Å². The fraction of sp³-hybridized carbons (Fsp3) is 0.125. The summed E-state index contributed by atoms with van der Waals surface area (Å²) in [6, 6.07) is 10.7. The minimum Gasteiger partial charge on any atom is -0.463 e. The molecule has 128 valence electrons. The van der Waals surface area contributed by atoms with Crippen LogP contribution < -0.4 is 10.6 Å². The Bertz CT molecular complexity index is 818. The van der Waals surface area contributed by atoms with Gasteiger partial charge in [0.1, 0.15) is 11.0 Å². The number of amidine groups is 1. The Kier molecular flexibility index (Phi) is 5.67.